The molecule has 1 atom stereocenters. The molecule has 1 aliphatic carbocycles. The van der Waals surface area contributed by atoms with Crippen molar-refractivity contribution in [3.05, 3.63) is 23.8 Å². The van der Waals surface area contributed by atoms with Crippen LogP contribution in [0.4, 0.5) is 18.0 Å². The third-order valence-corrected chi connectivity index (χ3v) is 5.68. The van der Waals surface area contributed by atoms with E-state index in [0.29, 0.717) is 47.6 Å². The first-order valence-electron chi connectivity index (χ1n) is 10.4. The molecule has 1 heterocycles. The molecule has 1 unspecified atom stereocenters. The molecular formula is C21H25F3N2O6. The van der Waals surface area contributed by atoms with Crippen LogP contribution in [-0.4, -0.2) is 53.5 Å². The molecule has 0 bridgehead atoms. The van der Waals surface area contributed by atoms with Crippen molar-refractivity contribution in [3.8, 4) is 11.5 Å². The molecule has 0 radical (unpaired) electrons. The Hall–Kier alpha value is -2.98. The molecule has 1 aromatic carbocycles. The minimum absolute atomic E-state index is 0.0217. The van der Waals surface area contributed by atoms with Crippen molar-refractivity contribution < 1.29 is 42.1 Å². The average Bonchev–Trinajstić information content (AvgIpc) is 3.23. The molecule has 32 heavy (non-hydrogen) atoms. The van der Waals surface area contributed by atoms with Gasteiger partial charge in [0.25, 0.3) is 0 Å². The summed E-state index contributed by atoms with van der Waals surface area (Å²) in [5, 5.41) is 11.0. The number of alkyl halides is 3. The number of nitrogens with one attached hydrogen (secondary N) is 1. The number of nitrogens with zero attached hydrogens (tertiary/aromatic N) is 1. The maximum Gasteiger partial charge on any atom is 0.408 e. The summed E-state index contributed by atoms with van der Waals surface area (Å²) >= 11 is 0. The number of benzene rings is 1. The van der Waals surface area contributed by atoms with Crippen molar-refractivity contribution in [1.82, 2.24) is 10.2 Å². The second-order valence-corrected chi connectivity index (χ2v) is 7.89. The lowest BCUT2D eigenvalue weighted by Crippen LogP contribution is -2.56. The SMILES string of the molecule is O=C(O)CN(C(=O)CCc1cccc2c1OCO2)C(=O)NC(C1CCCCC1)C(F)(F)F. The molecule has 0 spiro atoms. The van der Waals surface area contributed by atoms with Crippen LogP contribution in [-0.2, 0) is 16.0 Å². The van der Waals surface area contributed by atoms with Crippen LogP contribution in [0.1, 0.15) is 44.1 Å². The van der Waals surface area contributed by atoms with Gasteiger partial charge in [-0.25, -0.2) is 4.79 Å². The van der Waals surface area contributed by atoms with Gasteiger partial charge >= 0.3 is 18.2 Å². The Balaban J connectivity index is 1.70. The van der Waals surface area contributed by atoms with E-state index >= 15 is 0 Å². The number of carbonyl (C=O) groups excluding carboxylic acids is 2. The summed E-state index contributed by atoms with van der Waals surface area (Å²) in [6.45, 7) is -1.01. The van der Waals surface area contributed by atoms with E-state index in [-0.39, 0.29) is 19.6 Å². The Labute approximate surface area is 182 Å². The average molecular weight is 458 g/mol. The molecule has 2 N–H and O–H groups in total. The third kappa shape index (κ3) is 5.83. The number of carbonyl (C=O) groups is 3. The molecule has 0 saturated heterocycles. The van der Waals surface area contributed by atoms with Gasteiger partial charge in [-0.05, 0) is 36.8 Å². The highest BCUT2D eigenvalue weighted by Gasteiger charge is 2.46. The van der Waals surface area contributed by atoms with Crippen LogP contribution in [0.5, 0.6) is 11.5 Å². The Morgan fingerprint density at radius 2 is 1.88 bits per heavy atom. The molecule has 1 aliphatic heterocycles. The first-order chi connectivity index (χ1) is 15.2. The van der Waals surface area contributed by atoms with Crippen LogP contribution in [0.15, 0.2) is 18.2 Å². The van der Waals surface area contributed by atoms with Crippen LogP contribution < -0.4 is 14.8 Å². The van der Waals surface area contributed by atoms with Gasteiger partial charge in [-0.15, -0.1) is 0 Å². The summed E-state index contributed by atoms with van der Waals surface area (Å²) in [4.78, 5) is 36.8. The van der Waals surface area contributed by atoms with E-state index < -0.39 is 42.6 Å². The zero-order valence-electron chi connectivity index (χ0n) is 17.3. The Morgan fingerprint density at radius 3 is 2.53 bits per heavy atom. The Kier molecular flexibility index (Phi) is 7.47. The summed E-state index contributed by atoms with van der Waals surface area (Å²) < 4.78 is 51.5. The fraction of sp³-hybridized carbons (Fsp3) is 0.571. The van der Waals surface area contributed by atoms with Gasteiger partial charge < -0.3 is 19.9 Å². The number of carboxylic acid groups (broad SMARTS) is 1. The van der Waals surface area contributed by atoms with Crippen molar-refractivity contribution in [3.63, 3.8) is 0 Å². The molecule has 2 aliphatic rings. The molecule has 1 saturated carbocycles. The number of halogens is 3. The lowest BCUT2D eigenvalue weighted by atomic mass is 9.83. The molecule has 3 amide bonds. The molecule has 3 rings (SSSR count). The van der Waals surface area contributed by atoms with Crippen LogP contribution >= 0.6 is 0 Å². The van der Waals surface area contributed by atoms with Crippen LogP contribution in [0.25, 0.3) is 0 Å². The number of hydrogen-bond acceptors (Lipinski definition) is 5. The van der Waals surface area contributed by atoms with Crippen LogP contribution in [0, 0.1) is 5.92 Å². The number of urea groups is 1. The van der Waals surface area contributed by atoms with E-state index in [2.05, 4.69) is 0 Å². The number of aliphatic carboxylic acids is 1. The maximum atomic E-state index is 13.6. The van der Waals surface area contributed by atoms with Crippen LogP contribution in [0.2, 0.25) is 0 Å². The number of imide groups is 1. The van der Waals surface area contributed by atoms with Crippen LogP contribution in [0.3, 0.4) is 0 Å². The summed E-state index contributed by atoms with van der Waals surface area (Å²) in [6.07, 6.45) is -2.22. The number of ether oxygens (including phenoxy) is 2. The number of fused-ring (bicyclic) bond motifs is 1. The summed E-state index contributed by atoms with van der Waals surface area (Å²) in [6, 6.07) is 1.56. The minimum atomic E-state index is -4.71. The Morgan fingerprint density at radius 1 is 1.16 bits per heavy atom. The van der Waals surface area contributed by atoms with E-state index in [1.54, 1.807) is 18.2 Å². The number of rotatable bonds is 7. The highest BCUT2D eigenvalue weighted by Crippen LogP contribution is 2.36. The standard InChI is InChI=1S/C21H25F3N2O6/c22-21(23,24)19(14-5-2-1-3-6-14)25-20(30)26(11-17(28)29)16(27)10-9-13-7-4-8-15-18(13)32-12-31-15/h4,7-8,14,19H,1-3,5-6,9-12H2,(H,25,30)(H,28,29). The van der Waals surface area contributed by atoms with E-state index in [4.69, 9.17) is 14.6 Å². The molecule has 0 aromatic heterocycles. The van der Waals surface area contributed by atoms with Gasteiger partial charge in [0.2, 0.25) is 12.7 Å². The first kappa shape index (κ1) is 23.7. The molecule has 1 aromatic rings. The van der Waals surface area contributed by atoms with E-state index in [9.17, 15) is 27.6 Å². The second kappa shape index (κ2) is 10.1. The zero-order chi connectivity index (χ0) is 23.3. The van der Waals surface area contributed by atoms with E-state index in [0.717, 1.165) is 6.42 Å². The van der Waals surface area contributed by atoms with E-state index in [1.807, 2.05) is 5.32 Å². The highest BCUT2D eigenvalue weighted by molar-refractivity contribution is 5.97. The van der Waals surface area contributed by atoms with Gasteiger partial charge in [0.05, 0.1) is 0 Å². The van der Waals surface area contributed by atoms with E-state index in [1.165, 1.54) is 0 Å². The monoisotopic (exact) mass is 458 g/mol. The largest absolute Gasteiger partial charge is 0.480 e. The highest BCUT2D eigenvalue weighted by atomic mass is 19.4. The van der Waals surface area contributed by atoms with Gasteiger partial charge in [0, 0.05) is 6.42 Å². The molecule has 1 fully saturated rings. The van der Waals surface area contributed by atoms with Crippen molar-refractivity contribution in [2.75, 3.05) is 13.3 Å². The van der Waals surface area contributed by atoms with Crippen molar-refractivity contribution in [2.24, 2.45) is 5.92 Å². The predicted octanol–water partition coefficient (Wildman–Crippen LogP) is 3.48. The smallest absolute Gasteiger partial charge is 0.408 e. The van der Waals surface area contributed by atoms with Crippen molar-refractivity contribution in [2.45, 2.75) is 57.2 Å². The van der Waals surface area contributed by atoms with Gasteiger partial charge in [0.1, 0.15) is 12.6 Å². The summed E-state index contributed by atoms with van der Waals surface area (Å²) in [5.41, 5.74) is 0.611. The topological polar surface area (TPSA) is 105 Å². The zero-order valence-corrected chi connectivity index (χ0v) is 17.3. The molecule has 8 nitrogen and oxygen atoms in total. The second-order valence-electron chi connectivity index (χ2n) is 7.89. The summed E-state index contributed by atoms with van der Waals surface area (Å²) in [5.74, 6) is -2.27. The number of aryl methyl sites for hydroxylation is 1. The summed E-state index contributed by atoms with van der Waals surface area (Å²) in [7, 11) is 0. The van der Waals surface area contributed by atoms with Crippen molar-refractivity contribution >= 4 is 17.9 Å². The quantitative estimate of drug-likeness (QED) is 0.648. The fourth-order valence-corrected chi connectivity index (χ4v) is 4.12. The van der Waals surface area contributed by atoms with Gasteiger partial charge in [0.15, 0.2) is 11.5 Å². The normalized spacial score (nSPS) is 17.0. The lowest BCUT2D eigenvalue weighted by molar-refractivity contribution is -0.168. The van der Waals surface area contributed by atoms with Gasteiger partial charge in [-0.1, -0.05) is 31.4 Å². The van der Waals surface area contributed by atoms with Crippen molar-refractivity contribution in [1.29, 1.82) is 0 Å². The number of carboxylic acids is 1. The molecule has 176 valence electrons. The maximum absolute atomic E-state index is 13.6. The number of amides is 3. The first-order valence-corrected chi connectivity index (χ1v) is 10.4. The lowest BCUT2D eigenvalue weighted by Gasteiger charge is -2.33. The number of hydrogen-bond donors (Lipinski definition) is 2. The minimum Gasteiger partial charge on any atom is -0.480 e. The number of para-hydroxylation sites is 1. The van der Waals surface area contributed by atoms with Gasteiger partial charge in [-0.2, -0.15) is 13.2 Å². The Bertz CT molecular complexity index is 854. The fourth-order valence-electron chi connectivity index (χ4n) is 4.12. The van der Waals surface area contributed by atoms with Gasteiger partial charge in [-0.3, -0.25) is 14.5 Å². The molecule has 11 heteroatoms. The third-order valence-electron chi connectivity index (χ3n) is 5.68. The predicted molar refractivity (Wildman–Crippen MR) is 105 cm³/mol. The molecular weight excluding hydrogens is 433 g/mol.